The van der Waals surface area contributed by atoms with E-state index in [-0.39, 0.29) is 23.9 Å². The van der Waals surface area contributed by atoms with Crippen LogP contribution in [0.4, 0.5) is 0 Å². The third-order valence-electron chi connectivity index (χ3n) is 6.51. The van der Waals surface area contributed by atoms with E-state index in [2.05, 4.69) is 47.8 Å². The quantitative estimate of drug-likeness (QED) is 0.291. The largest absolute Gasteiger partial charge is 0.461 e. The lowest BCUT2D eigenvalue weighted by Gasteiger charge is -2.17. The van der Waals surface area contributed by atoms with Gasteiger partial charge in [-0.25, -0.2) is 0 Å². The zero-order chi connectivity index (χ0) is 23.9. The molecule has 6 heteroatoms. The van der Waals surface area contributed by atoms with Gasteiger partial charge in [0.2, 0.25) is 0 Å². The Labute approximate surface area is 205 Å². The molecule has 1 heterocycles. The monoisotopic (exact) mass is 479 g/mol. The number of hydrogen-bond donors (Lipinski definition) is 2. The normalized spacial score (nSPS) is 15.0. The predicted octanol–water partition coefficient (Wildman–Crippen LogP) is 5.22. The highest BCUT2D eigenvalue weighted by Gasteiger charge is 2.22. The van der Waals surface area contributed by atoms with Crippen LogP contribution in [0, 0.1) is 0 Å². The second-order valence-electron chi connectivity index (χ2n) is 9.18. The molecule has 0 spiro atoms. The van der Waals surface area contributed by atoms with Crippen LogP contribution in [0.5, 0.6) is 0 Å². The first-order valence-corrected chi connectivity index (χ1v) is 13.0. The number of aliphatic hydroxyl groups excluding tert-OH is 1. The summed E-state index contributed by atoms with van der Waals surface area (Å²) in [6, 6.07) is 16.4. The van der Waals surface area contributed by atoms with Gasteiger partial charge in [-0.2, -0.15) is 0 Å². The average Bonchev–Trinajstić information content (AvgIpc) is 3.52. The SMILES string of the molecule is C[C@H](NCc1ccc(CCCc2ccc3cc(C(=O)CO)sc3c2)cc1)C(=O)OC1CCCC1. The summed E-state index contributed by atoms with van der Waals surface area (Å²) in [7, 11) is 0. The van der Waals surface area contributed by atoms with Crippen molar-refractivity contribution < 1.29 is 19.4 Å². The van der Waals surface area contributed by atoms with E-state index >= 15 is 0 Å². The number of ketones is 1. The fourth-order valence-corrected chi connectivity index (χ4v) is 5.45. The van der Waals surface area contributed by atoms with E-state index in [0.29, 0.717) is 11.4 Å². The highest BCUT2D eigenvalue weighted by atomic mass is 32.1. The summed E-state index contributed by atoms with van der Waals surface area (Å²) < 4.78 is 6.67. The molecule has 5 nitrogen and oxygen atoms in total. The van der Waals surface area contributed by atoms with Crippen molar-refractivity contribution in [1.82, 2.24) is 5.32 Å². The number of carbonyl (C=O) groups excluding carboxylic acids is 2. The Morgan fingerprint density at radius 3 is 2.44 bits per heavy atom. The number of carbonyl (C=O) groups is 2. The molecule has 1 aliphatic rings. The first-order chi connectivity index (χ1) is 16.5. The summed E-state index contributed by atoms with van der Waals surface area (Å²) in [6.07, 6.45) is 7.42. The molecular formula is C28H33NO4S. The van der Waals surface area contributed by atoms with Crippen molar-refractivity contribution in [3.63, 3.8) is 0 Å². The van der Waals surface area contributed by atoms with Gasteiger partial charge in [-0.1, -0.05) is 36.4 Å². The molecule has 0 saturated heterocycles. The molecule has 2 N–H and O–H groups in total. The standard InChI is InChI=1S/C28H33NO4S/c1-19(28(32)33-24-7-2-3-8-24)29-17-22-11-9-20(10-12-22)5-4-6-21-13-14-23-16-27(25(31)18-30)34-26(23)15-21/h9-16,19,24,29-30H,2-8,17-18H2,1H3/t19-/m0/s1. The zero-order valence-electron chi connectivity index (χ0n) is 19.7. The average molecular weight is 480 g/mol. The number of ether oxygens (including phenoxy) is 1. The van der Waals surface area contributed by atoms with Crippen LogP contribution in [0.25, 0.3) is 10.1 Å². The van der Waals surface area contributed by atoms with E-state index in [0.717, 1.165) is 60.6 Å². The lowest BCUT2D eigenvalue weighted by Crippen LogP contribution is -2.36. The highest BCUT2D eigenvalue weighted by Crippen LogP contribution is 2.27. The van der Waals surface area contributed by atoms with E-state index in [9.17, 15) is 9.59 Å². The number of nitrogens with one attached hydrogen (secondary N) is 1. The lowest BCUT2D eigenvalue weighted by atomic mass is 10.0. The summed E-state index contributed by atoms with van der Waals surface area (Å²) in [5.74, 6) is -0.375. The zero-order valence-corrected chi connectivity index (χ0v) is 20.5. The Bertz CT molecular complexity index is 1120. The first-order valence-electron chi connectivity index (χ1n) is 12.2. The summed E-state index contributed by atoms with van der Waals surface area (Å²) in [4.78, 5) is 24.6. The number of aliphatic hydroxyl groups is 1. The second-order valence-corrected chi connectivity index (χ2v) is 10.3. The maximum absolute atomic E-state index is 12.2. The molecule has 0 amide bonds. The number of esters is 1. The summed E-state index contributed by atoms with van der Waals surface area (Å²) in [5, 5.41) is 13.4. The minimum Gasteiger partial charge on any atom is -0.461 e. The van der Waals surface area contributed by atoms with E-state index in [1.165, 1.54) is 22.5 Å². The van der Waals surface area contributed by atoms with Crippen LogP contribution in [0.1, 0.15) is 65.4 Å². The van der Waals surface area contributed by atoms with E-state index < -0.39 is 6.61 Å². The van der Waals surface area contributed by atoms with Crippen molar-refractivity contribution in [1.29, 1.82) is 0 Å². The molecule has 1 fully saturated rings. The smallest absolute Gasteiger partial charge is 0.323 e. The summed E-state index contributed by atoms with van der Waals surface area (Å²) >= 11 is 1.45. The number of hydrogen-bond acceptors (Lipinski definition) is 6. The van der Waals surface area contributed by atoms with Crippen molar-refractivity contribution >= 4 is 33.2 Å². The minimum atomic E-state index is -0.444. The Hall–Kier alpha value is -2.54. The minimum absolute atomic E-state index is 0.108. The van der Waals surface area contributed by atoms with Gasteiger partial charge in [-0.3, -0.25) is 9.59 Å². The summed E-state index contributed by atoms with van der Waals surface area (Å²) in [6.45, 7) is 2.06. The molecule has 0 bridgehead atoms. The van der Waals surface area contributed by atoms with Crippen LogP contribution >= 0.6 is 11.3 Å². The Balaban J connectivity index is 1.21. The van der Waals surface area contributed by atoms with Crippen molar-refractivity contribution in [3.8, 4) is 0 Å². The lowest BCUT2D eigenvalue weighted by molar-refractivity contribution is -0.150. The molecule has 1 saturated carbocycles. The predicted molar refractivity (Wildman–Crippen MR) is 136 cm³/mol. The van der Waals surface area contributed by atoms with Gasteiger partial charge in [0.15, 0.2) is 5.78 Å². The number of fused-ring (bicyclic) bond motifs is 1. The van der Waals surface area contributed by atoms with Gasteiger partial charge < -0.3 is 15.2 Å². The number of rotatable bonds is 11. The maximum atomic E-state index is 12.2. The Kier molecular flexibility index (Phi) is 8.48. The van der Waals surface area contributed by atoms with Crippen LogP contribution in [0.2, 0.25) is 0 Å². The van der Waals surface area contributed by atoms with Gasteiger partial charge in [0, 0.05) is 11.2 Å². The fraction of sp³-hybridized carbons (Fsp3) is 0.429. The van der Waals surface area contributed by atoms with Crippen molar-refractivity contribution in [3.05, 3.63) is 70.1 Å². The molecule has 34 heavy (non-hydrogen) atoms. The van der Waals surface area contributed by atoms with Gasteiger partial charge >= 0.3 is 5.97 Å². The molecule has 0 aliphatic heterocycles. The van der Waals surface area contributed by atoms with Crippen LogP contribution in [0.15, 0.2) is 48.5 Å². The van der Waals surface area contributed by atoms with Gasteiger partial charge in [0.25, 0.3) is 0 Å². The molecule has 0 radical (unpaired) electrons. The molecule has 0 unspecified atom stereocenters. The van der Waals surface area contributed by atoms with Crippen LogP contribution in [-0.2, 0) is 28.9 Å². The maximum Gasteiger partial charge on any atom is 0.323 e. The summed E-state index contributed by atoms with van der Waals surface area (Å²) in [5.41, 5.74) is 3.71. The molecule has 1 atom stereocenters. The molecule has 3 aromatic rings. The van der Waals surface area contributed by atoms with Gasteiger partial charge in [-0.05, 0) is 86.1 Å². The van der Waals surface area contributed by atoms with Crippen LogP contribution in [-0.4, -0.2) is 35.6 Å². The molecule has 4 rings (SSSR count). The van der Waals surface area contributed by atoms with Gasteiger partial charge in [0.05, 0.1) is 4.88 Å². The topological polar surface area (TPSA) is 75.6 Å². The Morgan fingerprint density at radius 1 is 1.03 bits per heavy atom. The number of thiophene rings is 1. The molecule has 2 aromatic carbocycles. The molecule has 1 aromatic heterocycles. The van der Waals surface area contributed by atoms with E-state index in [1.54, 1.807) is 0 Å². The Morgan fingerprint density at radius 2 is 1.71 bits per heavy atom. The third-order valence-corrected chi connectivity index (χ3v) is 7.65. The fourth-order valence-electron chi connectivity index (χ4n) is 4.39. The van der Waals surface area contributed by atoms with Crippen molar-refractivity contribution in [2.75, 3.05) is 6.61 Å². The number of benzene rings is 2. The van der Waals surface area contributed by atoms with Crippen molar-refractivity contribution in [2.24, 2.45) is 0 Å². The number of aryl methyl sites for hydroxylation is 2. The first kappa shape index (κ1) is 24.6. The third kappa shape index (κ3) is 6.53. The second kappa shape index (κ2) is 11.7. The van der Waals surface area contributed by atoms with E-state index in [4.69, 9.17) is 9.84 Å². The van der Waals surface area contributed by atoms with E-state index in [1.807, 2.05) is 13.0 Å². The van der Waals surface area contributed by atoms with Gasteiger partial charge in [-0.15, -0.1) is 11.3 Å². The molecule has 180 valence electrons. The van der Waals surface area contributed by atoms with Crippen LogP contribution in [0.3, 0.4) is 0 Å². The van der Waals surface area contributed by atoms with Crippen LogP contribution < -0.4 is 5.32 Å². The molecule has 1 aliphatic carbocycles. The molecular weight excluding hydrogens is 446 g/mol. The van der Waals surface area contributed by atoms with Gasteiger partial charge in [0.1, 0.15) is 18.8 Å². The number of Topliss-reactive ketones (excluding diaryl/α,β-unsaturated/α-hetero) is 1. The highest BCUT2D eigenvalue weighted by molar-refractivity contribution is 7.20. The van der Waals surface area contributed by atoms with Crippen molar-refractivity contribution in [2.45, 2.75) is 70.6 Å².